The minimum absolute atomic E-state index is 0.0795. The number of rotatable bonds is 11. The lowest BCUT2D eigenvalue weighted by molar-refractivity contribution is -0.157. The molecule has 0 aromatic heterocycles. The van der Waals surface area contributed by atoms with Crippen LogP contribution in [0.4, 0.5) is 0 Å². The van der Waals surface area contributed by atoms with Crippen molar-refractivity contribution in [2.75, 3.05) is 26.4 Å². The average molecular weight is 288 g/mol. The third-order valence-corrected chi connectivity index (χ3v) is 2.11. The van der Waals surface area contributed by atoms with Gasteiger partial charge in [-0.15, -0.1) is 0 Å². The highest BCUT2D eigenvalue weighted by molar-refractivity contribution is 5.93. The first-order chi connectivity index (χ1) is 9.47. The summed E-state index contributed by atoms with van der Waals surface area (Å²) in [4.78, 5) is 32.7. The molecule has 114 valence electrons. The van der Waals surface area contributed by atoms with Crippen molar-refractivity contribution < 1.29 is 33.7 Å². The first-order valence-corrected chi connectivity index (χ1v) is 6.27. The summed E-state index contributed by atoms with van der Waals surface area (Å²) in [5.74, 6) is -2.84. The first kappa shape index (κ1) is 18.1. The molecule has 0 aromatic rings. The van der Waals surface area contributed by atoms with Crippen LogP contribution in [0.2, 0.25) is 0 Å². The van der Waals surface area contributed by atoms with Gasteiger partial charge in [0.05, 0.1) is 13.0 Å². The summed E-state index contributed by atoms with van der Waals surface area (Å²) >= 11 is 0. The highest BCUT2D eigenvalue weighted by atomic mass is 16.6. The maximum absolute atomic E-state index is 11.2. The second-order valence-electron chi connectivity index (χ2n) is 3.94. The Labute approximate surface area is 117 Å². The Morgan fingerprint density at radius 3 is 2.40 bits per heavy atom. The van der Waals surface area contributed by atoms with Gasteiger partial charge in [0.15, 0.2) is 6.61 Å². The van der Waals surface area contributed by atoms with Crippen LogP contribution < -0.4 is 0 Å². The number of esters is 2. The van der Waals surface area contributed by atoms with Gasteiger partial charge in [-0.2, -0.15) is 0 Å². The van der Waals surface area contributed by atoms with E-state index in [2.05, 4.69) is 11.3 Å². The van der Waals surface area contributed by atoms with Crippen molar-refractivity contribution in [2.24, 2.45) is 0 Å². The highest BCUT2D eigenvalue weighted by Crippen LogP contribution is 2.01. The number of unbranched alkanes of at least 4 members (excludes halogenated alkanes) is 1. The van der Waals surface area contributed by atoms with Gasteiger partial charge in [-0.05, 0) is 6.42 Å². The summed E-state index contributed by atoms with van der Waals surface area (Å²) in [6.45, 7) is 5.68. The molecule has 0 atom stereocenters. The van der Waals surface area contributed by atoms with E-state index >= 15 is 0 Å². The van der Waals surface area contributed by atoms with Gasteiger partial charge >= 0.3 is 17.9 Å². The van der Waals surface area contributed by atoms with Crippen molar-refractivity contribution in [3.8, 4) is 0 Å². The minimum Gasteiger partial charge on any atom is -0.481 e. The lowest BCUT2D eigenvalue weighted by atomic mass is 10.2. The van der Waals surface area contributed by atoms with Crippen molar-refractivity contribution in [1.82, 2.24) is 0 Å². The smallest absolute Gasteiger partial charge is 0.344 e. The predicted octanol–water partition coefficient (Wildman–Crippen LogP) is 0.920. The third kappa shape index (κ3) is 10.1. The van der Waals surface area contributed by atoms with E-state index in [4.69, 9.17) is 14.6 Å². The third-order valence-electron chi connectivity index (χ3n) is 2.11. The van der Waals surface area contributed by atoms with E-state index in [-0.39, 0.29) is 18.8 Å². The fraction of sp³-hybridized carbons (Fsp3) is 0.615. The largest absolute Gasteiger partial charge is 0.481 e. The van der Waals surface area contributed by atoms with Gasteiger partial charge in [-0.3, -0.25) is 4.79 Å². The summed E-state index contributed by atoms with van der Waals surface area (Å²) in [5.41, 5.74) is -0.229. The zero-order valence-corrected chi connectivity index (χ0v) is 11.6. The Bertz CT molecular complexity index is 349. The molecule has 0 rings (SSSR count). The molecule has 0 amide bonds. The Balaban J connectivity index is 3.64. The molecule has 0 aliphatic rings. The number of carboxylic acid groups (broad SMARTS) is 1. The number of ether oxygens (including phenoxy) is 3. The lowest BCUT2D eigenvalue weighted by Gasteiger charge is -2.07. The van der Waals surface area contributed by atoms with Crippen LogP contribution in [0.1, 0.15) is 26.2 Å². The SMILES string of the molecule is C=C(CC(=O)O)C(=O)OCC(=O)OCCOCCCC. The van der Waals surface area contributed by atoms with E-state index < -0.39 is 30.9 Å². The van der Waals surface area contributed by atoms with E-state index in [9.17, 15) is 14.4 Å². The van der Waals surface area contributed by atoms with Crippen LogP contribution in [0.25, 0.3) is 0 Å². The molecule has 20 heavy (non-hydrogen) atoms. The van der Waals surface area contributed by atoms with Gasteiger partial charge in [0.25, 0.3) is 0 Å². The Morgan fingerprint density at radius 1 is 1.10 bits per heavy atom. The van der Waals surface area contributed by atoms with Gasteiger partial charge in [0.1, 0.15) is 6.61 Å². The number of hydrogen-bond donors (Lipinski definition) is 1. The summed E-state index contributed by atoms with van der Waals surface area (Å²) in [5, 5.41) is 8.44. The first-order valence-electron chi connectivity index (χ1n) is 6.27. The number of hydrogen-bond acceptors (Lipinski definition) is 6. The molecule has 7 nitrogen and oxygen atoms in total. The van der Waals surface area contributed by atoms with Gasteiger partial charge < -0.3 is 19.3 Å². The fourth-order valence-electron chi connectivity index (χ4n) is 1.09. The molecule has 0 saturated carbocycles. The maximum atomic E-state index is 11.2. The zero-order valence-electron chi connectivity index (χ0n) is 11.6. The number of carbonyl (C=O) groups excluding carboxylic acids is 2. The van der Waals surface area contributed by atoms with Crippen molar-refractivity contribution >= 4 is 17.9 Å². The summed E-state index contributed by atoms with van der Waals surface area (Å²) in [6, 6.07) is 0. The second-order valence-corrected chi connectivity index (χ2v) is 3.94. The molecule has 0 fully saturated rings. The molecule has 0 radical (unpaired) electrons. The van der Waals surface area contributed by atoms with Crippen molar-refractivity contribution in [1.29, 1.82) is 0 Å². The highest BCUT2D eigenvalue weighted by Gasteiger charge is 2.14. The van der Waals surface area contributed by atoms with Crippen LogP contribution in [0.5, 0.6) is 0 Å². The predicted molar refractivity (Wildman–Crippen MR) is 69.0 cm³/mol. The standard InChI is InChI=1S/C13H20O7/c1-3-4-5-18-6-7-19-12(16)9-20-13(17)10(2)8-11(14)15/h2-9H2,1H3,(H,14,15). The maximum Gasteiger partial charge on any atom is 0.344 e. The molecular formula is C13H20O7. The molecule has 0 saturated heterocycles. The normalized spacial score (nSPS) is 9.85. The Morgan fingerprint density at radius 2 is 1.80 bits per heavy atom. The summed E-state index contributed by atoms with van der Waals surface area (Å²) in [6.07, 6.45) is 1.44. The average Bonchev–Trinajstić information content (AvgIpc) is 2.39. The topological polar surface area (TPSA) is 99.1 Å². The Hall–Kier alpha value is -1.89. The van der Waals surface area contributed by atoms with Crippen molar-refractivity contribution in [3.05, 3.63) is 12.2 Å². The monoisotopic (exact) mass is 288 g/mol. The molecule has 0 heterocycles. The van der Waals surface area contributed by atoms with Crippen molar-refractivity contribution in [2.45, 2.75) is 26.2 Å². The van der Waals surface area contributed by atoms with Gasteiger partial charge in [0, 0.05) is 12.2 Å². The van der Waals surface area contributed by atoms with E-state index in [1.54, 1.807) is 0 Å². The molecule has 0 aliphatic carbocycles. The van der Waals surface area contributed by atoms with Crippen LogP contribution in [0.15, 0.2) is 12.2 Å². The van der Waals surface area contributed by atoms with Crippen LogP contribution in [-0.4, -0.2) is 49.4 Å². The minimum atomic E-state index is -1.20. The second kappa shape index (κ2) is 11.0. The molecule has 0 unspecified atom stereocenters. The summed E-state index contributed by atoms with van der Waals surface area (Å²) in [7, 11) is 0. The number of carbonyl (C=O) groups is 3. The Kier molecular flexibility index (Phi) is 9.94. The summed E-state index contributed by atoms with van der Waals surface area (Å²) < 4.78 is 14.5. The van der Waals surface area contributed by atoms with E-state index in [0.29, 0.717) is 6.61 Å². The number of carboxylic acids is 1. The molecule has 1 N–H and O–H groups in total. The molecule has 0 aliphatic heterocycles. The zero-order chi connectivity index (χ0) is 15.4. The van der Waals surface area contributed by atoms with Crippen LogP contribution in [0.3, 0.4) is 0 Å². The van der Waals surface area contributed by atoms with Crippen LogP contribution in [-0.2, 0) is 28.6 Å². The number of aliphatic carboxylic acids is 1. The van der Waals surface area contributed by atoms with Gasteiger partial charge in [-0.25, -0.2) is 9.59 Å². The van der Waals surface area contributed by atoms with Crippen molar-refractivity contribution in [3.63, 3.8) is 0 Å². The molecule has 0 bridgehead atoms. The van der Waals surface area contributed by atoms with Crippen LogP contribution >= 0.6 is 0 Å². The van der Waals surface area contributed by atoms with E-state index in [1.807, 2.05) is 6.92 Å². The molecule has 7 heteroatoms. The quantitative estimate of drug-likeness (QED) is 0.343. The molecular weight excluding hydrogens is 268 g/mol. The fourth-order valence-corrected chi connectivity index (χ4v) is 1.09. The van der Waals surface area contributed by atoms with Crippen LogP contribution in [0, 0.1) is 0 Å². The van der Waals surface area contributed by atoms with Gasteiger partial charge in [-0.1, -0.05) is 19.9 Å². The molecule has 0 aromatic carbocycles. The lowest BCUT2D eigenvalue weighted by Crippen LogP contribution is -2.20. The van der Waals surface area contributed by atoms with E-state index in [0.717, 1.165) is 12.8 Å². The van der Waals surface area contributed by atoms with E-state index in [1.165, 1.54) is 0 Å². The van der Waals surface area contributed by atoms with Gasteiger partial charge in [0.2, 0.25) is 0 Å². The molecule has 0 spiro atoms.